The SMILES string of the molecule is Cc1cc(Br)ccc1P(O)(=S)c1ccccc1. The lowest BCUT2D eigenvalue weighted by Gasteiger charge is -2.18. The Morgan fingerprint density at radius 3 is 2.35 bits per heavy atom. The van der Waals surface area contributed by atoms with E-state index in [2.05, 4.69) is 15.9 Å². The van der Waals surface area contributed by atoms with E-state index >= 15 is 0 Å². The van der Waals surface area contributed by atoms with Crippen molar-refractivity contribution in [3.8, 4) is 0 Å². The van der Waals surface area contributed by atoms with E-state index in [0.717, 1.165) is 20.6 Å². The molecule has 0 saturated carbocycles. The first kappa shape index (κ1) is 13.0. The molecule has 2 rings (SSSR count). The lowest BCUT2D eigenvalue weighted by atomic mass is 10.2. The highest BCUT2D eigenvalue weighted by Crippen LogP contribution is 2.39. The Morgan fingerprint density at radius 2 is 1.76 bits per heavy atom. The molecule has 0 spiro atoms. The summed E-state index contributed by atoms with van der Waals surface area (Å²) in [5.41, 5.74) is 1.02. The van der Waals surface area contributed by atoms with Gasteiger partial charge in [0.2, 0.25) is 0 Å². The Labute approximate surface area is 115 Å². The minimum absolute atomic E-state index is 0.834. The highest BCUT2D eigenvalue weighted by Gasteiger charge is 2.20. The fourth-order valence-electron chi connectivity index (χ4n) is 1.73. The molecule has 1 unspecified atom stereocenters. The van der Waals surface area contributed by atoms with Crippen molar-refractivity contribution in [1.82, 2.24) is 0 Å². The Kier molecular flexibility index (Phi) is 3.84. The van der Waals surface area contributed by atoms with Crippen LogP contribution in [0, 0.1) is 6.92 Å². The minimum Gasteiger partial charge on any atom is -0.358 e. The average Bonchev–Trinajstić information content (AvgIpc) is 2.29. The number of benzene rings is 2. The van der Waals surface area contributed by atoms with Crippen molar-refractivity contribution in [2.75, 3.05) is 0 Å². The number of aryl methyl sites for hydroxylation is 1. The molecule has 2 aromatic rings. The van der Waals surface area contributed by atoms with Gasteiger partial charge in [0.1, 0.15) is 6.26 Å². The Bertz CT molecular complexity index is 583. The first-order chi connectivity index (χ1) is 8.01. The predicted octanol–water partition coefficient (Wildman–Crippen LogP) is 3.10. The van der Waals surface area contributed by atoms with Crippen LogP contribution >= 0.6 is 22.2 Å². The molecule has 0 saturated heterocycles. The summed E-state index contributed by atoms with van der Waals surface area (Å²) in [6.07, 6.45) is -2.64. The van der Waals surface area contributed by atoms with Crippen LogP contribution in [-0.2, 0) is 11.8 Å². The van der Waals surface area contributed by atoms with Crippen molar-refractivity contribution in [1.29, 1.82) is 0 Å². The Balaban J connectivity index is 2.56. The van der Waals surface area contributed by atoms with Gasteiger partial charge in [0.25, 0.3) is 0 Å². The molecule has 0 bridgehead atoms. The topological polar surface area (TPSA) is 20.2 Å². The van der Waals surface area contributed by atoms with Gasteiger partial charge in [0, 0.05) is 15.1 Å². The van der Waals surface area contributed by atoms with Crippen molar-refractivity contribution in [2.24, 2.45) is 0 Å². The van der Waals surface area contributed by atoms with Crippen LogP contribution in [0.25, 0.3) is 0 Å². The molecule has 0 aliphatic heterocycles. The lowest BCUT2D eigenvalue weighted by Crippen LogP contribution is -2.17. The van der Waals surface area contributed by atoms with Crippen LogP contribution < -0.4 is 10.6 Å². The standard InChI is InChI=1S/C13H12BrOPS/c1-10-9-11(14)7-8-13(10)16(15,17)12-5-3-2-4-6-12/h2-9H,1H3,(H,15,17). The normalized spacial score (nSPS) is 14.3. The maximum absolute atomic E-state index is 10.6. The van der Waals surface area contributed by atoms with Crippen LogP contribution in [0.5, 0.6) is 0 Å². The highest BCUT2D eigenvalue weighted by atomic mass is 79.9. The van der Waals surface area contributed by atoms with Crippen LogP contribution in [-0.4, -0.2) is 4.89 Å². The van der Waals surface area contributed by atoms with Gasteiger partial charge in [-0.2, -0.15) is 0 Å². The zero-order chi connectivity index (χ0) is 12.5. The summed E-state index contributed by atoms with van der Waals surface area (Å²) in [4.78, 5) is 10.6. The molecular weight excluding hydrogens is 315 g/mol. The van der Waals surface area contributed by atoms with Gasteiger partial charge >= 0.3 is 0 Å². The molecule has 0 aliphatic rings. The third kappa shape index (κ3) is 2.69. The molecule has 1 atom stereocenters. The largest absolute Gasteiger partial charge is 0.358 e. The molecule has 1 nitrogen and oxygen atoms in total. The van der Waals surface area contributed by atoms with Crippen molar-refractivity contribution in [3.05, 3.63) is 58.6 Å². The van der Waals surface area contributed by atoms with E-state index in [-0.39, 0.29) is 0 Å². The molecule has 0 aromatic heterocycles. The molecule has 1 N–H and O–H groups in total. The zero-order valence-corrected chi connectivity index (χ0v) is 12.6. The van der Waals surface area contributed by atoms with Gasteiger partial charge in [-0.15, -0.1) is 0 Å². The molecule has 0 radical (unpaired) electrons. The molecule has 4 heteroatoms. The van der Waals surface area contributed by atoms with Gasteiger partial charge in [-0.25, -0.2) is 0 Å². The van der Waals surface area contributed by atoms with Gasteiger partial charge in [-0.3, -0.25) is 0 Å². The Hall–Kier alpha value is -0.470. The van der Waals surface area contributed by atoms with Gasteiger partial charge in [0.05, 0.1) is 0 Å². The van der Waals surface area contributed by atoms with Crippen LogP contribution in [0.15, 0.2) is 53.0 Å². The lowest BCUT2D eigenvalue weighted by molar-refractivity contribution is 0.642. The summed E-state index contributed by atoms with van der Waals surface area (Å²) in [6.45, 7) is 1.97. The summed E-state index contributed by atoms with van der Waals surface area (Å²) in [5, 5.41) is 1.70. The van der Waals surface area contributed by atoms with Crippen LogP contribution in [0.2, 0.25) is 0 Å². The van der Waals surface area contributed by atoms with E-state index < -0.39 is 6.26 Å². The quantitative estimate of drug-likeness (QED) is 0.856. The molecular formula is C13H12BrOPS. The summed E-state index contributed by atoms with van der Waals surface area (Å²) in [7, 11) is 0. The first-order valence-electron chi connectivity index (χ1n) is 5.17. The fourth-order valence-corrected chi connectivity index (χ4v) is 4.86. The number of halogens is 1. The molecule has 2 aromatic carbocycles. The molecule has 88 valence electrons. The van der Waals surface area contributed by atoms with Crippen LogP contribution in [0.4, 0.5) is 0 Å². The zero-order valence-electron chi connectivity index (χ0n) is 9.30. The van der Waals surface area contributed by atoms with Crippen LogP contribution in [0.1, 0.15) is 5.56 Å². The maximum atomic E-state index is 10.6. The summed E-state index contributed by atoms with van der Waals surface area (Å²) in [5.74, 6) is 0. The molecule has 17 heavy (non-hydrogen) atoms. The van der Waals surface area contributed by atoms with Gasteiger partial charge in [-0.1, -0.05) is 58.1 Å². The minimum atomic E-state index is -2.64. The predicted molar refractivity (Wildman–Crippen MR) is 81.1 cm³/mol. The average molecular weight is 327 g/mol. The molecule has 0 heterocycles. The summed E-state index contributed by atoms with van der Waals surface area (Å²) >= 11 is 8.87. The smallest absolute Gasteiger partial charge is 0.120 e. The Morgan fingerprint density at radius 1 is 1.12 bits per heavy atom. The third-order valence-electron chi connectivity index (χ3n) is 2.59. The second kappa shape index (κ2) is 5.03. The van der Waals surface area contributed by atoms with E-state index in [9.17, 15) is 4.89 Å². The van der Waals surface area contributed by atoms with Crippen molar-refractivity contribution >= 4 is 44.6 Å². The second-order valence-corrected chi connectivity index (χ2v) is 8.49. The van der Waals surface area contributed by atoms with E-state index in [4.69, 9.17) is 11.8 Å². The maximum Gasteiger partial charge on any atom is 0.120 e. The molecule has 0 amide bonds. The van der Waals surface area contributed by atoms with E-state index in [1.165, 1.54) is 0 Å². The van der Waals surface area contributed by atoms with Crippen LogP contribution in [0.3, 0.4) is 0 Å². The molecule has 0 fully saturated rings. The number of rotatable bonds is 2. The first-order valence-corrected chi connectivity index (χ1v) is 8.72. The third-order valence-corrected chi connectivity index (χ3v) is 6.46. The fraction of sp³-hybridized carbons (Fsp3) is 0.0769. The van der Waals surface area contributed by atoms with E-state index in [0.29, 0.717) is 0 Å². The monoisotopic (exact) mass is 326 g/mol. The van der Waals surface area contributed by atoms with Crippen molar-refractivity contribution in [3.63, 3.8) is 0 Å². The number of hydrogen-bond acceptors (Lipinski definition) is 1. The van der Waals surface area contributed by atoms with E-state index in [1.54, 1.807) is 0 Å². The van der Waals surface area contributed by atoms with Gasteiger partial charge in [-0.05, 0) is 30.7 Å². The van der Waals surface area contributed by atoms with Gasteiger partial charge in [0.15, 0.2) is 0 Å². The van der Waals surface area contributed by atoms with E-state index in [1.807, 2.05) is 55.5 Å². The summed E-state index contributed by atoms with van der Waals surface area (Å²) in [6, 6.07) is 15.3. The van der Waals surface area contributed by atoms with Crippen molar-refractivity contribution < 1.29 is 4.89 Å². The van der Waals surface area contributed by atoms with Gasteiger partial charge < -0.3 is 4.89 Å². The highest BCUT2D eigenvalue weighted by molar-refractivity contribution is 9.10. The second-order valence-electron chi connectivity index (χ2n) is 3.84. The van der Waals surface area contributed by atoms with Crippen molar-refractivity contribution in [2.45, 2.75) is 6.92 Å². The molecule has 0 aliphatic carbocycles. The number of hydrogen-bond donors (Lipinski definition) is 1. The summed E-state index contributed by atoms with van der Waals surface area (Å²) < 4.78 is 1.00.